The number of nitrogens with zero attached hydrogens (tertiary/aromatic N) is 3. The van der Waals surface area contributed by atoms with Crippen LogP contribution in [0.1, 0.15) is 36.6 Å². The number of fused-ring (bicyclic) bond motifs is 1. The van der Waals surface area contributed by atoms with Gasteiger partial charge in [0.05, 0.1) is 4.91 Å². The summed E-state index contributed by atoms with van der Waals surface area (Å²) < 4.78 is 0.569. The minimum absolute atomic E-state index is 0.106. The Bertz CT molecular complexity index is 1050. The number of aliphatic carboxylic acids is 1. The van der Waals surface area contributed by atoms with Gasteiger partial charge in [0.2, 0.25) is 11.8 Å². The minimum Gasteiger partial charge on any atom is -0.477 e. The molecule has 2 unspecified atom stereocenters. The summed E-state index contributed by atoms with van der Waals surface area (Å²) in [7, 11) is 0. The Morgan fingerprint density at radius 2 is 2.17 bits per heavy atom. The molecule has 0 bridgehead atoms. The van der Waals surface area contributed by atoms with Gasteiger partial charge in [0.25, 0.3) is 0 Å². The zero-order valence-electron chi connectivity index (χ0n) is 16.2. The lowest BCUT2D eigenvalue weighted by atomic mass is 9.94. The predicted molar refractivity (Wildman–Crippen MR) is 117 cm³/mol. The van der Waals surface area contributed by atoms with Crippen LogP contribution in [-0.2, 0) is 20.8 Å². The van der Waals surface area contributed by atoms with Crippen molar-refractivity contribution in [3.63, 3.8) is 0 Å². The third-order valence-corrected chi connectivity index (χ3v) is 9.71. The molecule has 3 atom stereocenters. The zero-order chi connectivity index (χ0) is 21.6. The second-order valence-corrected chi connectivity index (χ2v) is 11.7. The van der Waals surface area contributed by atoms with Crippen LogP contribution in [0.5, 0.6) is 0 Å². The Hall–Kier alpha value is -1.89. The molecular weight excluding hydrogens is 464 g/mol. The molecule has 0 aromatic carbocycles. The molecule has 1 fully saturated rings. The average Bonchev–Trinajstić information content (AvgIpc) is 3.34. The van der Waals surface area contributed by atoms with Crippen LogP contribution >= 0.6 is 46.2 Å². The molecule has 1 saturated heterocycles. The first-order chi connectivity index (χ1) is 14.2. The standard InChI is InChI=1S/C18H18N4O4S4/c1-4-10-20-21-17(28-10)29-13-12(16(25)26)22-14(24)11(9-6-5-7-27-9)15(22)30-18(13,3)19-8(2)23/h5-7,11,15H,4H2,1-3H3,(H,19,23)(H,25,26)/t11?,15-,18?/m1/s1. The van der Waals surface area contributed by atoms with Crippen LogP contribution in [0.15, 0.2) is 32.5 Å². The fourth-order valence-corrected chi connectivity index (χ4v) is 8.27. The van der Waals surface area contributed by atoms with E-state index < -0.39 is 22.1 Å². The van der Waals surface area contributed by atoms with Gasteiger partial charge in [-0.2, -0.15) is 0 Å². The number of thiophene rings is 1. The second kappa shape index (κ2) is 7.98. The van der Waals surface area contributed by atoms with Crippen molar-refractivity contribution in [2.75, 3.05) is 0 Å². The lowest BCUT2D eigenvalue weighted by Crippen LogP contribution is -2.64. The van der Waals surface area contributed by atoms with E-state index in [0.717, 1.165) is 28.1 Å². The molecule has 158 valence electrons. The van der Waals surface area contributed by atoms with Crippen molar-refractivity contribution in [1.82, 2.24) is 20.4 Å². The predicted octanol–water partition coefficient (Wildman–Crippen LogP) is 3.10. The number of carboxylic acids is 1. The molecule has 8 nitrogen and oxygen atoms in total. The molecule has 2 aromatic heterocycles. The maximum Gasteiger partial charge on any atom is 0.353 e. The summed E-state index contributed by atoms with van der Waals surface area (Å²) in [5.41, 5.74) is -0.106. The van der Waals surface area contributed by atoms with Crippen LogP contribution in [0.25, 0.3) is 0 Å². The summed E-state index contributed by atoms with van der Waals surface area (Å²) in [5, 5.41) is 23.5. The Balaban J connectivity index is 1.81. The Morgan fingerprint density at radius 1 is 1.40 bits per heavy atom. The number of nitrogens with one attached hydrogen (secondary N) is 1. The SMILES string of the molecule is CCc1nnc(SC2=C(C(=O)O)N3C(=O)C(c4cccs4)[C@H]3SC2(C)NC(C)=O)s1. The van der Waals surface area contributed by atoms with E-state index in [9.17, 15) is 19.5 Å². The number of aryl methyl sites for hydroxylation is 1. The number of hydrogen-bond acceptors (Lipinski definition) is 9. The minimum atomic E-state index is -1.21. The molecule has 12 heteroatoms. The lowest BCUT2D eigenvalue weighted by Gasteiger charge is -2.54. The Morgan fingerprint density at radius 3 is 2.73 bits per heavy atom. The van der Waals surface area contributed by atoms with E-state index in [1.165, 1.54) is 46.3 Å². The number of carbonyl (C=O) groups is 3. The average molecular weight is 483 g/mol. The number of carboxylic acid groups (broad SMARTS) is 1. The number of aromatic nitrogens is 2. The highest BCUT2D eigenvalue weighted by Crippen LogP contribution is 2.58. The van der Waals surface area contributed by atoms with Gasteiger partial charge >= 0.3 is 5.97 Å². The second-order valence-electron chi connectivity index (χ2n) is 6.82. The van der Waals surface area contributed by atoms with Gasteiger partial charge in [-0.15, -0.1) is 33.3 Å². The van der Waals surface area contributed by atoms with Gasteiger partial charge in [-0.05, 0) is 24.8 Å². The van der Waals surface area contributed by atoms with Crippen LogP contribution in [-0.4, -0.2) is 48.2 Å². The van der Waals surface area contributed by atoms with E-state index in [0.29, 0.717) is 9.24 Å². The lowest BCUT2D eigenvalue weighted by molar-refractivity contribution is -0.148. The van der Waals surface area contributed by atoms with Gasteiger partial charge in [0, 0.05) is 11.8 Å². The summed E-state index contributed by atoms with van der Waals surface area (Å²) in [6, 6.07) is 3.75. The molecule has 2 aromatic rings. The topological polar surface area (TPSA) is 112 Å². The summed E-state index contributed by atoms with van der Waals surface area (Å²) in [5.74, 6) is -2.18. The normalized spacial score (nSPS) is 25.7. The number of carbonyl (C=O) groups excluding carboxylic acids is 2. The van der Waals surface area contributed by atoms with Crippen LogP contribution in [0, 0.1) is 0 Å². The zero-order valence-corrected chi connectivity index (χ0v) is 19.5. The Labute approximate surface area is 189 Å². The molecule has 2 aliphatic rings. The van der Waals surface area contributed by atoms with Gasteiger partial charge < -0.3 is 10.4 Å². The first-order valence-corrected chi connectivity index (χ1v) is 12.5. The molecule has 0 saturated carbocycles. The number of β-lactam (4-membered cyclic amide) rings is 1. The van der Waals surface area contributed by atoms with E-state index in [2.05, 4.69) is 15.5 Å². The van der Waals surface area contributed by atoms with E-state index in [4.69, 9.17) is 0 Å². The summed E-state index contributed by atoms with van der Waals surface area (Å²) in [4.78, 5) is 38.9. The molecule has 2 aliphatic heterocycles. The molecule has 30 heavy (non-hydrogen) atoms. The van der Waals surface area contributed by atoms with E-state index in [1.807, 2.05) is 24.4 Å². The van der Waals surface area contributed by atoms with Crippen molar-refractivity contribution in [3.8, 4) is 0 Å². The van der Waals surface area contributed by atoms with Crippen molar-refractivity contribution < 1.29 is 19.5 Å². The largest absolute Gasteiger partial charge is 0.477 e. The van der Waals surface area contributed by atoms with Gasteiger partial charge in [-0.3, -0.25) is 14.5 Å². The number of hydrogen-bond donors (Lipinski definition) is 2. The van der Waals surface area contributed by atoms with Gasteiger partial charge in [0.1, 0.15) is 26.9 Å². The van der Waals surface area contributed by atoms with E-state index in [-0.39, 0.29) is 17.5 Å². The first kappa shape index (κ1) is 21.3. The molecule has 4 heterocycles. The van der Waals surface area contributed by atoms with Crippen molar-refractivity contribution in [1.29, 1.82) is 0 Å². The maximum absolute atomic E-state index is 13.0. The van der Waals surface area contributed by atoms with Crippen LogP contribution in [0.2, 0.25) is 0 Å². The third-order valence-electron chi connectivity index (χ3n) is 4.70. The third kappa shape index (κ3) is 3.55. The van der Waals surface area contributed by atoms with Crippen molar-refractivity contribution in [3.05, 3.63) is 38.0 Å². The quantitative estimate of drug-likeness (QED) is 0.604. The summed E-state index contributed by atoms with van der Waals surface area (Å²) in [6.07, 6.45) is 0.718. The molecule has 2 amide bonds. The Kier molecular flexibility index (Phi) is 5.68. The highest BCUT2D eigenvalue weighted by atomic mass is 32.2. The maximum atomic E-state index is 13.0. The fraction of sp³-hybridized carbons (Fsp3) is 0.389. The highest BCUT2D eigenvalue weighted by molar-refractivity contribution is 8.08. The highest BCUT2D eigenvalue weighted by Gasteiger charge is 2.60. The van der Waals surface area contributed by atoms with Gasteiger partial charge in [0.15, 0.2) is 4.34 Å². The van der Waals surface area contributed by atoms with Crippen molar-refractivity contribution >= 4 is 64.0 Å². The van der Waals surface area contributed by atoms with Crippen LogP contribution in [0.3, 0.4) is 0 Å². The first-order valence-electron chi connectivity index (χ1n) is 9.06. The number of rotatable bonds is 6. The van der Waals surface area contributed by atoms with E-state index in [1.54, 1.807) is 6.92 Å². The molecule has 2 N–H and O–H groups in total. The van der Waals surface area contributed by atoms with Crippen LogP contribution < -0.4 is 5.32 Å². The van der Waals surface area contributed by atoms with Crippen molar-refractivity contribution in [2.24, 2.45) is 0 Å². The van der Waals surface area contributed by atoms with Gasteiger partial charge in [-0.25, -0.2) is 4.79 Å². The molecule has 0 spiro atoms. The molecule has 4 rings (SSSR count). The van der Waals surface area contributed by atoms with Crippen molar-refractivity contribution in [2.45, 2.75) is 47.7 Å². The molecular formula is C18H18N4O4S4. The summed E-state index contributed by atoms with van der Waals surface area (Å²) >= 11 is 5.36. The summed E-state index contributed by atoms with van der Waals surface area (Å²) in [6.45, 7) is 5.13. The molecule has 0 aliphatic carbocycles. The monoisotopic (exact) mass is 482 g/mol. The number of amides is 2. The van der Waals surface area contributed by atoms with E-state index >= 15 is 0 Å². The van der Waals surface area contributed by atoms with Gasteiger partial charge in [-0.1, -0.05) is 36.1 Å². The number of thioether (sulfide) groups is 2. The molecule has 0 radical (unpaired) electrons. The van der Waals surface area contributed by atoms with Crippen LogP contribution in [0.4, 0.5) is 0 Å². The fourth-order valence-electron chi connectivity index (χ4n) is 3.46. The smallest absolute Gasteiger partial charge is 0.353 e.